The van der Waals surface area contributed by atoms with Crippen LogP contribution in [0.3, 0.4) is 0 Å². The molecule has 0 aliphatic carbocycles. The second-order valence-electron chi connectivity index (χ2n) is 5.65. The number of carbonyl (C=O) groups excluding carboxylic acids is 1. The number of aromatic nitrogens is 2. The Kier molecular flexibility index (Phi) is 4.43. The van der Waals surface area contributed by atoms with Gasteiger partial charge in [0.05, 0.1) is 5.75 Å². The number of carbonyl (C=O) groups is 1. The first kappa shape index (κ1) is 15.0. The van der Waals surface area contributed by atoms with E-state index in [1.807, 2.05) is 29.2 Å². The van der Waals surface area contributed by atoms with Gasteiger partial charge in [0.15, 0.2) is 0 Å². The lowest BCUT2D eigenvalue weighted by atomic mass is 10.1. The molecule has 0 unspecified atom stereocenters. The van der Waals surface area contributed by atoms with E-state index in [-0.39, 0.29) is 5.91 Å². The van der Waals surface area contributed by atoms with Crippen molar-refractivity contribution in [3.8, 4) is 0 Å². The summed E-state index contributed by atoms with van der Waals surface area (Å²) in [5, 5.41) is 0.861. The predicted molar refractivity (Wildman–Crippen MR) is 89.3 cm³/mol. The molecule has 0 radical (unpaired) electrons. The van der Waals surface area contributed by atoms with Gasteiger partial charge in [0.25, 0.3) is 0 Å². The first-order chi connectivity index (χ1) is 10.6. The van der Waals surface area contributed by atoms with Crippen LogP contribution >= 0.6 is 11.8 Å². The van der Waals surface area contributed by atoms with Crippen molar-refractivity contribution in [2.45, 2.75) is 31.2 Å². The number of benzene rings is 1. The Bertz CT molecular complexity index is 687. The number of hydrogen-bond acceptors (Lipinski definition) is 4. The lowest BCUT2D eigenvalue weighted by Crippen LogP contribution is -2.30. The van der Waals surface area contributed by atoms with Crippen molar-refractivity contribution >= 4 is 23.4 Å². The van der Waals surface area contributed by atoms with Gasteiger partial charge in [0, 0.05) is 17.9 Å². The summed E-state index contributed by atoms with van der Waals surface area (Å²) in [5.41, 5.74) is 3.32. The number of fused-ring (bicyclic) bond motifs is 1. The molecule has 0 atom stereocenters. The van der Waals surface area contributed by atoms with Crippen molar-refractivity contribution in [2.75, 3.05) is 17.2 Å². The van der Waals surface area contributed by atoms with E-state index in [1.165, 1.54) is 17.3 Å². The van der Waals surface area contributed by atoms with E-state index in [4.69, 9.17) is 0 Å². The molecule has 0 spiro atoms. The van der Waals surface area contributed by atoms with E-state index in [9.17, 15) is 4.79 Å². The van der Waals surface area contributed by atoms with Gasteiger partial charge in [-0.15, -0.1) is 0 Å². The van der Waals surface area contributed by atoms with Gasteiger partial charge in [0.2, 0.25) is 5.91 Å². The maximum Gasteiger partial charge on any atom is 0.237 e. The van der Waals surface area contributed by atoms with Gasteiger partial charge in [-0.3, -0.25) is 4.79 Å². The van der Waals surface area contributed by atoms with E-state index in [0.717, 1.165) is 29.4 Å². The second kappa shape index (κ2) is 6.48. The molecule has 22 heavy (non-hydrogen) atoms. The summed E-state index contributed by atoms with van der Waals surface area (Å²) in [6.07, 6.45) is 2.52. The molecule has 4 nitrogen and oxygen atoms in total. The first-order valence-electron chi connectivity index (χ1n) is 7.48. The molecule has 1 aromatic carbocycles. The van der Waals surface area contributed by atoms with Gasteiger partial charge >= 0.3 is 0 Å². The Labute approximate surface area is 135 Å². The highest BCUT2D eigenvalue weighted by atomic mass is 32.2. The minimum absolute atomic E-state index is 0.139. The number of hydrogen-bond donors (Lipinski definition) is 0. The number of rotatable bonds is 4. The second-order valence-corrected chi connectivity index (χ2v) is 6.64. The summed E-state index contributed by atoms with van der Waals surface area (Å²) < 4.78 is 0. The van der Waals surface area contributed by atoms with E-state index in [1.54, 1.807) is 6.33 Å². The fraction of sp³-hybridized carbons (Fsp3) is 0.353. The fourth-order valence-electron chi connectivity index (χ4n) is 2.56. The number of nitrogens with zero attached hydrogens (tertiary/aromatic N) is 3. The summed E-state index contributed by atoms with van der Waals surface area (Å²) in [6, 6.07) is 10.1. The summed E-state index contributed by atoms with van der Waals surface area (Å²) in [6.45, 7) is 4.98. The number of amides is 1. The van der Waals surface area contributed by atoms with Gasteiger partial charge in [-0.2, -0.15) is 0 Å². The van der Waals surface area contributed by atoms with Crippen LogP contribution < -0.4 is 4.90 Å². The standard InChI is InChI=1S/C17H19N3OS/c1-12(2)14-9-16(19-11-18-14)22-10-17(21)20-8-7-13-5-3-4-6-15(13)20/h3-6,9,11-12H,7-8,10H2,1-2H3. The fourth-order valence-corrected chi connectivity index (χ4v) is 3.31. The molecule has 1 aromatic heterocycles. The Hall–Kier alpha value is -1.88. The summed E-state index contributed by atoms with van der Waals surface area (Å²) in [7, 11) is 0. The molecular weight excluding hydrogens is 294 g/mol. The number of para-hydroxylation sites is 1. The highest BCUT2D eigenvalue weighted by molar-refractivity contribution is 7.99. The van der Waals surface area contributed by atoms with Gasteiger partial charge in [-0.1, -0.05) is 43.8 Å². The Morgan fingerprint density at radius 3 is 2.95 bits per heavy atom. The topological polar surface area (TPSA) is 46.1 Å². The van der Waals surface area contributed by atoms with E-state index in [0.29, 0.717) is 11.7 Å². The average molecular weight is 313 g/mol. The summed E-state index contributed by atoms with van der Waals surface area (Å²) in [5.74, 6) is 0.909. The van der Waals surface area contributed by atoms with Crippen molar-refractivity contribution in [1.82, 2.24) is 9.97 Å². The monoisotopic (exact) mass is 313 g/mol. The molecule has 0 bridgehead atoms. The molecule has 2 aromatic rings. The predicted octanol–water partition coefficient (Wildman–Crippen LogP) is 3.28. The van der Waals surface area contributed by atoms with Gasteiger partial charge in [-0.05, 0) is 30.0 Å². The molecule has 0 fully saturated rings. The van der Waals surface area contributed by atoms with Crippen LogP contribution in [0.2, 0.25) is 0 Å². The van der Waals surface area contributed by atoms with Crippen molar-refractivity contribution < 1.29 is 4.79 Å². The lowest BCUT2D eigenvalue weighted by Gasteiger charge is -2.17. The summed E-state index contributed by atoms with van der Waals surface area (Å²) >= 11 is 1.48. The Morgan fingerprint density at radius 1 is 1.32 bits per heavy atom. The normalized spacial score (nSPS) is 13.5. The van der Waals surface area contributed by atoms with Crippen LogP contribution in [-0.4, -0.2) is 28.2 Å². The lowest BCUT2D eigenvalue weighted by molar-refractivity contribution is -0.116. The van der Waals surface area contributed by atoms with Crippen molar-refractivity contribution in [1.29, 1.82) is 0 Å². The minimum atomic E-state index is 0.139. The van der Waals surface area contributed by atoms with Gasteiger partial charge in [0.1, 0.15) is 11.4 Å². The minimum Gasteiger partial charge on any atom is -0.311 e. The Balaban J connectivity index is 1.65. The highest BCUT2D eigenvalue weighted by Crippen LogP contribution is 2.28. The quantitative estimate of drug-likeness (QED) is 0.642. The van der Waals surface area contributed by atoms with Crippen LogP contribution in [0.15, 0.2) is 41.7 Å². The molecule has 0 N–H and O–H groups in total. The maximum atomic E-state index is 12.5. The van der Waals surface area contributed by atoms with Crippen LogP contribution in [0.1, 0.15) is 31.0 Å². The average Bonchev–Trinajstić information content (AvgIpc) is 2.97. The van der Waals surface area contributed by atoms with Crippen LogP contribution in [0.25, 0.3) is 0 Å². The third kappa shape index (κ3) is 3.14. The molecule has 114 valence electrons. The largest absolute Gasteiger partial charge is 0.311 e. The van der Waals surface area contributed by atoms with Crippen molar-refractivity contribution in [2.24, 2.45) is 0 Å². The summed E-state index contributed by atoms with van der Waals surface area (Å²) in [4.78, 5) is 22.8. The number of thioether (sulfide) groups is 1. The molecule has 0 saturated carbocycles. The number of anilines is 1. The zero-order valence-electron chi connectivity index (χ0n) is 12.8. The molecular formula is C17H19N3OS. The van der Waals surface area contributed by atoms with Crippen molar-refractivity contribution in [3.63, 3.8) is 0 Å². The molecule has 1 aliphatic heterocycles. The van der Waals surface area contributed by atoms with E-state index < -0.39 is 0 Å². The van der Waals surface area contributed by atoms with Gasteiger partial charge in [-0.25, -0.2) is 9.97 Å². The van der Waals surface area contributed by atoms with Crippen LogP contribution in [-0.2, 0) is 11.2 Å². The van der Waals surface area contributed by atoms with Crippen LogP contribution in [0, 0.1) is 0 Å². The maximum absolute atomic E-state index is 12.5. The van der Waals surface area contributed by atoms with Crippen LogP contribution in [0.4, 0.5) is 5.69 Å². The van der Waals surface area contributed by atoms with Crippen molar-refractivity contribution in [3.05, 3.63) is 47.9 Å². The first-order valence-corrected chi connectivity index (χ1v) is 8.46. The zero-order chi connectivity index (χ0) is 15.5. The molecule has 1 aliphatic rings. The van der Waals surface area contributed by atoms with Crippen LogP contribution in [0.5, 0.6) is 0 Å². The Morgan fingerprint density at radius 2 is 2.14 bits per heavy atom. The van der Waals surface area contributed by atoms with E-state index in [2.05, 4.69) is 29.9 Å². The SMILES string of the molecule is CC(C)c1cc(SCC(=O)N2CCc3ccccc32)ncn1. The molecule has 3 rings (SSSR count). The zero-order valence-corrected chi connectivity index (χ0v) is 13.6. The molecule has 1 amide bonds. The molecule has 2 heterocycles. The third-order valence-electron chi connectivity index (χ3n) is 3.79. The third-order valence-corrected chi connectivity index (χ3v) is 4.70. The molecule has 5 heteroatoms. The van der Waals surface area contributed by atoms with Gasteiger partial charge < -0.3 is 4.90 Å². The van der Waals surface area contributed by atoms with E-state index >= 15 is 0 Å². The highest BCUT2D eigenvalue weighted by Gasteiger charge is 2.24. The molecule has 0 saturated heterocycles. The smallest absolute Gasteiger partial charge is 0.237 e.